The predicted octanol–water partition coefficient (Wildman–Crippen LogP) is 7.24. The zero-order valence-electron chi connectivity index (χ0n) is 23.9. The van der Waals surface area contributed by atoms with Gasteiger partial charge in [-0.3, -0.25) is 4.90 Å². The van der Waals surface area contributed by atoms with Crippen molar-refractivity contribution < 1.29 is 9.84 Å². The Morgan fingerprint density at radius 1 is 1.03 bits per heavy atom. The fraction of sp³-hybridized carbons (Fsp3) is 0.765. The minimum absolute atomic E-state index is 0.0588. The molecular formula is C34H51NO2. The van der Waals surface area contributed by atoms with Crippen LogP contribution < -0.4 is 0 Å². The average Bonchev–Trinajstić information content (AvgIpc) is 3.24. The van der Waals surface area contributed by atoms with Crippen LogP contribution in [0.2, 0.25) is 0 Å². The molecule has 1 saturated heterocycles. The lowest BCUT2D eigenvalue weighted by molar-refractivity contribution is -0.0871. The summed E-state index contributed by atoms with van der Waals surface area (Å²) in [6.07, 6.45) is 11.2. The zero-order chi connectivity index (χ0) is 25.7. The number of fused-ring (bicyclic) bond motifs is 6. The SMILES string of the molecule is CC1=C2CC3C(CCC4CC(O)CCC43C)C2CCOC2CC(C)CN(Cc3ccccc3)C2C(C)C1. The van der Waals surface area contributed by atoms with Crippen molar-refractivity contribution in [3.05, 3.63) is 47.0 Å². The highest BCUT2D eigenvalue weighted by Crippen LogP contribution is 2.63. The molecule has 10 unspecified atom stereocenters. The van der Waals surface area contributed by atoms with Gasteiger partial charge in [-0.1, -0.05) is 62.2 Å². The molecule has 0 aromatic heterocycles. The summed E-state index contributed by atoms with van der Waals surface area (Å²) < 4.78 is 6.90. The molecule has 0 spiro atoms. The third-order valence-corrected chi connectivity index (χ3v) is 11.9. The first kappa shape index (κ1) is 26.1. The van der Waals surface area contributed by atoms with E-state index in [0.717, 1.165) is 49.7 Å². The standard InChI is InChI=1S/C34H51NO2/c1-22-16-32-33(35(20-22)21-25-8-6-5-7-9-25)24(3)17-23(2)30-19-31-29(28(30)13-15-37-32)11-10-26-18-27(36)12-14-34(26,31)4/h5-9,22,24,26-29,31-33,36H,10-21H2,1-4H3. The molecule has 2 aliphatic heterocycles. The topological polar surface area (TPSA) is 32.7 Å². The first-order valence-electron chi connectivity index (χ1n) is 15.6. The van der Waals surface area contributed by atoms with E-state index in [1.165, 1.54) is 57.1 Å². The molecule has 37 heavy (non-hydrogen) atoms. The number of aliphatic hydroxyl groups excluding tert-OH is 1. The van der Waals surface area contributed by atoms with Crippen LogP contribution in [0.25, 0.3) is 0 Å². The van der Waals surface area contributed by atoms with Crippen molar-refractivity contribution in [2.45, 2.75) is 110 Å². The van der Waals surface area contributed by atoms with E-state index in [0.29, 0.717) is 29.4 Å². The molecule has 2 heterocycles. The van der Waals surface area contributed by atoms with Gasteiger partial charge in [0.2, 0.25) is 0 Å². The van der Waals surface area contributed by atoms with Crippen molar-refractivity contribution in [3.8, 4) is 0 Å². The fourth-order valence-electron chi connectivity index (χ4n) is 10.1. The number of hydrogen-bond acceptors (Lipinski definition) is 3. The second-order valence-electron chi connectivity index (χ2n) is 14.2. The van der Waals surface area contributed by atoms with E-state index in [1.807, 2.05) is 5.57 Å². The van der Waals surface area contributed by atoms with Crippen molar-refractivity contribution in [2.24, 2.45) is 40.9 Å². The maximum absolute atomic E-state index is 10.4. The van der Waals surface area contributed by atoms with E-state index in [-0.39, 0.29) is 6.10 Å². The molecule has 204 valence electrons. The van der Waals surface area contributed by atoms with Gasteiger partial charge in [-0.05, 0) is 111 Å². The van der Waals surface area contributed by atoms with E-state index < -0.39 is 0 Å². The normalized spacial score (nSPS) is 44.9. The molecule has 4 fully saturated rings. The van der Waals surface area contributed by atoms with Gasteiger partial charge in [0.1, 0.15) is 0 Å². The summed E-state index contributed by atoms with van der Waals surface area (Å²) in [5.41, 5.74) is 5.37. The number of allylic oxidation sites excluding steroid dienone is 2. The lowest BCUT2D eigenvalue weighted by Crippen LogP contribution is -2.54. The number of piperidine rings is 1. The van der Waals surface area contributed by atoms with Gasteiger partial charge in [-0.25, -0.2) is 0 Å². The van der Waals surface area contributed by atoms with Crippen LogP contribution >= 0.6 is 0 Å². The molecule has 3 heteroatoms. The third kappa shape index (κ3) is 4.87. The van der Waals surface area contributed by atoms with Gasteiger partial charge in [0.15, 0.2) is 0 Å². The van der Waals surface area contributed by atoms with E-state index in [9.17, 15) is 5.11 Å². The lowest BCUT2D eigenvalue weighted by atomic mass is 9.52. The van der Waals surface area contributed by atoms with E-state index in [2.05, 4.69) is 62.9 Å². The minimum Gasteiger partial charge on any atom is -0.393 e. The van der Waals surface area contributed by atoms with Crippen LogP contribution in [0, 0.1) is 40.9 Å². The number of likely N-dealkylation sites (tertiary alicyclic amines) is 1. The summed E-state index contributed by atoms with van der Waals surface area (Å²) in [4.78, 5) is 2.77. The van der Waals surface area contributed by atoms with Crippen LogP contribution in [-0.2, 0) is 11.3 Å². The number of nitrogens with zero attached hydrogens (tertiary/aromatic N) is 1. The smallest absolute Gasteiger partial charge is 0.0736 e. The minimum atomic E-state index is -0.0588. The van der Waals surface area contributed by atoms with Gasteiger partial charge in [0.05, 0.1) is 12.2 Å². The Hall–Kier alpha value is -1.16. The van der Waals surface area contributed by atoms with E-state index in [4.69, 9.17) is 4.74 Å². The summed E-state index contributed by atoms with van der Waals surface area (Å²) >= 11 is 0. The molecule has 1 aromatic carbocycles. The first-order chi connectivity index (χ1) is 17.8. The third-order valence-electron chi connectivity index (χ3n) is 11.9. The number of ether oxygens (including phenoxy) is 1. The van der Waals surface area contributed by atoms with Gasteiger partial charge < -0.3 is 9.84 Å². The Bertz CT molecular complexity index is 973. The zero-order valence-corrected chi connectivity index (χ0v) is 23.9. The quantitative estimate of drug-likeness (QED) is 0.430. The maximum atomic E-state index is 10.4. The molecule has 1 N–H and O–H groups in total. The van der Waals surface area contributed by atoms with Gasteiger partial charge >= 0.3 is 0 Å². The Morgan fingerprint density at radius 2 is 1.84 bits per heavy atom. The van der Waals surface area contributed by atoms with Crippen molar-refractivity contribution in [2.75, 3.05) is 13.2 Å². The summed E-state index contributed by atoms with van der Waals surface area (Å²) in [7, 11) is 0. The van der Waals surface area contributed by atoms with Crippen LogP contribution in [-0.4, -0.2) is 41.4 Å². The van der Waals surface area contributed by atoms with Gasteiger partial charge in [-0.2, -0.15) is 0 Å². The molecule has 1 aromatic rings. The summed E-state index contributed by atoms with van der Waals surface area (Å²) in [5.74, 6) is 4.36. The average molecular weight is 506 g/mol. The summed E-state index contributed by atoms with van der Waals surface area (Å²) in [5, 5.41) is 10.4. The van der Waals surface area contributed by atoms with Gasteiger partial charge in [0, 0.05) is 25.7 Å². The lowest BCUT2D eigenvalue weighted by Gasteiger charge is -2.53. The predicted molar refractivity (Wildman–Crippen MR) is 151 cm³/mol. The van der Waals surface area contributed by atoms with Crippen molar-refractivity contribution in [1.82, 2.24) is 4.90 Å². The number of aliphatic hydroxyl groups is 1. The van der Waals surface area contributed by atoms with Gasteiger partial charge in [-0.15, -0.1) is 0 Å². The highest BCUT2D eigenvalue weighted by Gasteiger charge is 2.55. The highest BCUT2D eigenvalue weighted by atomic mass is 16.5. The second kappa shape index (κ2) is 10.4. The molecule has 3 aliphatic carbocycles. The van der Waals surface area contributed by atoms with E-state index in [1.54, 1.807) is 5.57 Å². The number of hydrogen-bond donors (Lipinski definition) is 1. The molecule has 0 bridgehead atoms. The first-order valence-corrected chi connectivity index (χ1v) is 15.6. The Labute approximate surface area is 226 Å². The van der Waals surface area contributed by atoms with Crippen LogP contribution in [0.4, 0.5) is 0 Å². The highest BCUT2D eigenvalue weighted by molar-refractivity contribution is 5.26. The van der Waals surface area contributed by atoms with Crippen LogP contribution in [0.1, 0.15) is 91.0 Å². The van der Waals surface area contributed by atoms with Crippen molar-refractivity contribution in [1.29, 1.82) is 0 Å². The summed E-state index contributed by atoms with van der Waals surface area (Å²) in [6.45, 7) is 13.2. The number of benzene rings is 1. The second-order valence-corrected chi connectivity index (χ2v) is 14.2. The molecule has 10 atom stereocenters. The largest absolute Gasteiger partial charge is 0.393 e. The molecule has 0 radical (unpaired) electrons. The Kier molecular flexibility index (Phi) is 7.35. The van der Waals surface area contributed by atoms with Crippen molar-refractivity contribution in [3.63, 3.8) is 0 Å². The fourth-order valence-corrected chi connectivity index (χ4v) is 10.1. The maximum Gasteiger partial charge on any atom is 0.0736 e. The Balaban J connectivity index is 1.27. The molecule has 5 aliphatic rings. The monoisotopic (exact) mass is 505 g/mol. The van der Waals surface area contributed by atoms with Gasteiger partial charge in [0.25, 0.3) is 0 Å². The van der Waals surface area contributed by atoms with E-state index >= 15 is 0 Å². The van der Waals surface area contributed by atoms with Crippen LogP contribution in [0.15, 0.2) is 41.5 Å². The Morgan fingerprint density at radius 3 is 2.65 bits per heavy atom. The van der Waals surface area contributed by atoms with Crippen LogP contribution in [0.5, 0.6) is 0 Å². The molecule has 3 nitrogen and oxygen atoms in total. The van der Waals surface area contributed by atoms with Crippen molar-refractivity contribution >= 4 is 0 Å². The molecular weight excluding hydrogens is 454 g/mol. The molecule has 3 saturated carbocycles. The van der Waals surface area contributed by atoms with Crippen LogP contribution in [0.3, 0.4) is 0 Å². The molecule has 6 rings (SSSR count). The number of rotatable bonds is 2. The summed E-state index contributed by atoms with van der Waals surface area (Å²) in [6, 6.07) is 11.6. The molecule has 0 amide bonds.